The molecule has 0 saturated carbocycles. The van der Waals surface area contributed by atoms with Crippen LogP contribution in [0.3, 0.4) is 0 Å². The van der Waals surface area contributed by atoms with Gasteiger partial charge in [-0.05, 0) is 59.8 Å². The summed E-state index contributed by atoms with van der Waals surface area (Å²) in [6.07, 6.45) is 14.6. The van der Waals surface area contributed by atoms with Gasteiger partial charge in [0.05, 0.1) is 5.69 Å². The molecule has 0 saturated heterocycles. The van der Waals surface area contributed by atoms with E-state index in [1.54, 1.807) is 4.68 Å². The van der Waals surface area contributed by atoms with Gasteiger partial charge in [0.1, 0.15) is 0 Å². The quantitative estimate of drug-likeness (QED) is 0.527. The summed E-state index contributed by atoms with van der Waals surface area (Å²) in [5.41, 5.74) is 5.13. The maximum Gasteiger partial charge on any atom is 0.303 e. The minimum absolute atomic E-state index is 0.162. The number of carboxylic acid groups (broad SMARTS) is 1. The topological polar surface area (TPSA) is 68.0 Å². The first kappa shape index (κ1) is 21.9. The van der Waals surface area contributed by atoms with Crippen molar-refractivity contribution in [3.05, 3.63) is 46.8 Å². The number of nitrogens with zero attached hydrogens (tertiary/aromatic N) is 3. The van der Waals surface area contributed by atoms with Gasteiger partial charge in [0.2, 0.25) is 0 Å². The van der Waals surface area contributed by atoms with Gasteiger partial charge in [0.25, 0.3) is 0 Å². The van der Waals surface area contributed by atoms with E-state index in [0.717, 1.165) is 37.8 Å². The molecule has 0 amide bonds. The fourth-order valence-electron chi connectivity index (χ4n) is 2.55. The molecule has 0 aliphatic heterocycles. The SMILES string of the molecule is CC(C)=CCC/C(C)=C/CC/C(C)=C/Cc1cn(CCCC(=O)O)nn1. The van der Waals surface area contributed by atoms with Crippen LogP contribution < -0.4 is 0 Å². The molecule has 0 radical (unpaired) electrons. The number of hydrogen-bond acceptors (Lipinski definition) is 3. The molecular formula is C21H33N3O2. The first-order chi connectivity index (χ1) is 12.4. The molecule has 1 aromatic rings. The molecule has 0 fully saturated rings. The fourth-order valence-corrected chi connectivity index (χ4v) is 2.55. The van der Waals surface area contributed by atoms with Crippen LogP contribution in [0.4, 0.5) is 0 Å². The molecule has 5 heteroatoms. The first-order valence-electron chi connectivity index (χ1n) is 9.42. The number of aryl methyl sites for hydroxylation is 1. The second-order valence-corrected chi connectivity index (χ2v) is 7.13. The molecule has 5 nitrogen and oxygen atoms in total. The number of rotatable bonds is 12. The molecule has 1 aromatic heterocycles. The van der Waals surface area contributed by atoms with Crippen LogP contribution in [0.1, 0.15) is 71.9 Å². The number of hydrogen-bond donors (Lipinski definition) is 1. The standard InChI is InChI=1S/C21H33N3O2/c1-17(2)8-5-9-18(3)10-6-11-19(4)13-14-20-16-24(23-22-20)15-7-12-21(25)26/h8,10,13,16H,5-7,9,11-12,14-15H2,1-4H3,(H,25,26)/b18-10+,19-13+. The summed E-state index contributed by atoms with van der Waals surface area (Å²) < 4.78 is 1.72. The van der Waals surface area contributed by atoms with Crippen molar-refractivity contribution in [3.8, 4) is 0 Å². The monoisotopic (exact) mass is 359 g/mol. The van der Waals surface area contributed by atoms with E-state index in [0.29, 0.717) is 13.0 Å². The third kappa shape index (κ3) is 10.6. The lowest BCUT2D eigenvalue weighted by molar-refractivity contribution is -0.137. The number of carboxylic acids is 1. The van der Waals surface area contributed by atoms with Crippen molar-refractivity contribution in [2.75, 3.05) is 0 Å². The van der Waals surface area contributed by atoms with E-state index >= 15 is 0 Å². The van der Waals surface area contributed by atoms with E-state index in [4.69, 9.17) is 5.11 Å². The van der Waals surface area contributed by atoms with Gasteiger partial charge in [0, 0.05) is 25.6 Å². The maximum absolute atomic E-state index is 10.5. The van der Waals surface area contributed by atoms with Crippen molar-refractivity contribution in [1.82, 2.24) is 15.0 Å². The smallest absolute Gasteiger partial charge is 0.303 e. The Kier molecular flexibility index (Phi) is 10.3. The van der Waals surface area contributed by atoms with Gasteiger partial charge in [-0.25, -0.2) is 0 Å². The fraction of sp³-hybridized carbons (Fsp3) is 0.571. The summed E-state index contributed by atoms with van der Waals surface area (Å²) in [4.78, 5) is 10.5. The summed E-state index contributed by atoms with van der Waals surface area (Å²) >= 11 is 0. The highest BCUT2D eigenvalue weighted by atomic mass is 16.4. The van der Waals surface area contributed by atoms with E-state index in [1.165, 1.54) is 16.7 Å². The number of aromatic nitrogens is 3. The highest BCUT2D eigenvalue weighted by Gasteiger charge is 2.02. The Morgan fingerprint density at radius 2 is 1.69 bits per heavy atom. The Morgan fingerprint density at radius 1 is 1.04 bits per heavy atom. The molecule has 0 unspecified atom stereocenters. The van der Waals surface area contributed by atoms with Crippen LogP contribution in [0.2, 0.25) is 0 Å². The van der Waals surface area contributed by atoms with E-state index in [1.807, 2.05) is 6.20 Å². The average Bonchev–Trinajstić information content (AvgIpc) is 3.00. The summed E-state index contributed by atoms with van der Waals surface area (Å²) in [7, 11) is 0. The Labute approximate surface area is 157 Å². The van der Waals surface area contributed by atoms with Crippen molar-refractivity contribution in [2.45, 2.75) is 79.2 Å². The molecule has 1 heterocycles. The van der Waals surface area contributed by atoms with Crippen LogP contribution in [0.15, 0.2) is 41.1 Å². The zero-order valence-corrected chi connectivity index (χ0v) is 16.7. The molecule has 0 aromatic carbocycles. The largest absolute Gasteiger partial charge is 0.481 e. The van der Waals surface area contributed by atoms with E-state index in [9.17, 15) is 4.79 Å². The maximum atomic E-state index is 10.5. The molecule has 0 aliphatic rings. The molecule has 1 rings (SSSR count). The van der Waals surface area contributed by atoms with Crippen LogP contribution in [0.5, 0.6) is 0 Å². The summed E-state index contributed by atoms with van der Waals surface area (Å²) in [6.45, 7) is 9.24. The van der Waals surface area contributed by atoms with Gasteiger partial charge in [-0.15, -0.1) is 5.10 Å². The molecule has 144 valence electrons. The van der Waals surface area contributed by atoms with Crippen LogP contribution in [-0.4, -0.2) is 26.1 Å². The van der Waals surface area contributed by atoms with Gasteiger partial charge in [-0.3, -0.25) is 9.48 Å². The molecule has 1 N–H and O–H groups in total. The van der Waals surface area contributed by atoms with Crippen LogP contribution in [-0.2, 0) is 17.8 Å². The molecule has 0 aliphatic carbocycles. The van der Waals surface area contributed by atoms with Crippen LogP contribution >= 0.6 is 0 Å². The molecular weight excluding hydrogens is 326 g/mol. The van der Waals surface area contributed by atoms with Gasteiger partial charge in [0.15, 0.2) is 0 Å². The Balaban J connectivity index is 2.31. The van der Waals surface area contributed by atoms with Gasteiger partial charge < -0.3 is 5.11 Å². The molecule has 0 spiro atoms. The minimum Gasteiger partial charge on any atom is -0.481 e. The highest BCUT2D eigenvalue weighted by molar-refractivity contribution is 5.66. The van der Waals surface area contributed by atoms with E-state index in [2.05, 4.69) is 56.2 Å². The summed E-state index contributed by atoms with van der Waals surface area (Å²) in [5.74, 6) is -0.773. The van der Waals surface area contributed by atoms with Gasteiger partial charge in [-0.1, -0.05) is 40.2 Å². The Bertz CT molecular complexity index is 650. The molecule has 26 heavy (non-hydrogen) atoms. The number of aliphatic carboxylic acids is 1. The second-order valence-electron chi connectivity index (χ2n) is 7.13. The number of carbonyl (C=O) groups is 1. The average molecular weight is 360 g/mol. The van der Waals surface area contributed by atoms with Gasteiger partial charge in [-0.2, -0.15) is 0 Å². The Morgan fingerprint density at radius 3 is 2.35 bits per heavy atom. The molecule has 0 atom stereocenters. The zero-order valence-electron chi connectivity index (χ0n) is 16.7. The van der Waals surface area contributed by atoms with E-state index < -0.39 is 5.97 Å². The zero-order chi connectivity index (χ0) is 19.4. The third-order valence-corrected chi connectivity index (χ3v) is 4.15. The lowest BCUT2D eigenvalue weighted by Gasteiger charge is -2.01. The minimum atomic E-state index is -0.773. The van der Waals surface area contributed by atoms with E-state index in [-0.39, 0.29) is 6.42 Å². The Hall–Kier alpha value is -2.17. The van der Waals surface area contributed by atoms with Crippen molar-refractivity contribution in [3.63, 3.8) is 0 Å². The van der Waals surface area contributed by atoms with Gasteiger partial charge >= 0.3 is 5.97 Å². The van der Waals surface area contributed by atoms with Crippen LogP contribution in [0, 0.1) is 0 Å². The van der Waals surface area contributed by atoms with Crippen molar-refractivity contribution in [2.24, 2.45) is 0 Å². The first-order valence-corrected chi connectivity index (χ1v) is 9.42. The summed E-state index contributed by atoms with van der Waals surface area (Å²) in [5, 5.41) is 16.8. The normalized spacial score (nSPS) is 12.3. The highest BCUT2D eigenvalue weighted by Crippen LogP contribution is 2.12. The predicted molar refractivity (Wildman–Crippen MR) is 106 cm³/mol. The predicted octanol–water partition coefficient (Wildman–Crippen LogP) is 5.10. The van der Waals surface area contributed by atoms with Crippen molar-refractivity contribution >= 4 is 5.97 Å². The lowest BCUT2D eigenvalue weighted by atomic mass is 10.1. The summed E-state index contributed by atoms with van der Waals surface area (Å²) in [6, 6.07) is 0. The number of allylic oxidation sites excluding steroid dienone is 6. The molecule has 0 bridgehead atoms. The second kappa shape index (κ2) is 12.2. The lowest BCUT2D eigenvalue weighted by Crippen LogP contribution is -2.02. The van der Waals surface area contributed by atoms with Crippen molar-refractivity contribution < 1.29 is 9.90 Å². The third-order valence-electron chi connectivity index (χ3n) is 4.15. The van der Waals surface area contributed by atoms with Crippen LogP contribution in [0.25, 0.3) is 0 Å². The van der Waals surface area contributed by atoms with Crippen molar-refractivity contribution in [1.29, 1.82) is 0 Å².